The first-order valence-corrected chi connectivity index (χ1v) is 7.36. The molecule has 1 unspecified atom stereocenters. The van der Waals surface area contributed by atoms with Crippen molar-refractivity contribution in [3.63, 3.8) is 0 Å². The Morgan fingerprint density at radius 2 is 1.90 bits per heavy atom. The zero-order valence-corrected chi connectivity index (χ0v) is 13.0. The second-order valence-corrected chi connectivity index (χ2v) is 4.95. The molecule has 20 heavy (non-hydrogen) atoms. The molecule has 2 N–H and O–H groups in total. The molecule has 0 fully saturated rings. The molecule has 0 aliphatic heterocycles. The SMILES string of the molecule is CCC(C)N(CCOC)CCOc1ccccc1CN. The van der Waals surface area contributed by atoms with Gasteiger partial charge in [0.15, 0.2) is 0 Å². The van der Waals surface area contributed by atoms with Gasteiger partial charge in [-0.3, -0.25) is 4.90 Å². The summed E-state index contributed by atoms with van der Waals surface area (Å²) in [5.41, 5.74) is 6.77. The van der Waals surface area contributed by atoms with Gasteiger partial charge in [-0.25, -0.2) is 0 Å². The molecule has 0 aliphatic rings. The maximum Gasteiger partial charge on any atom is 0.123 e. The highest BCUT2D eigenvalue weighted by Gasteiger charge is 2.12. The molecule has 0 spiro atoms. The smallest absolute Gasteiger partial charge is 0.123 e. The lowest BCUT2D eigenvalue weighted by atomic mass is 10.2. The summed E-state index contributed by atoms with van der Waals surface area (Å²) in [6.45, 7) is 8.22. The summed E-state index contributed by atoms with van der Waals surface area (Å²) in [6.07, 6.45) is 1.13. The second kappa shape index (κ2) is 9.75. The van der Waals surface area contributed by atoms with E-state index in [4.69, 9.17) is 15.2 Å². The number of nitrogens with two attached hydrogens (primary N) is 1. The van der Waals surface area contributed by atoms with Gasteiger partial charge in [-0.05, 0) is 19.4 Å². The van der Waals surface area contributed by atoms with E-state index in [1.165, 1.54) is 0 Å². The average Bonchev–Trinajstić information content (AvgIpc) is 2.50. The topological polar surface area (TPSA) is 47.7 Å². The molecule has 0 radical (unpaired) electrons. The van der Waals surface area contributed by atoms with E-state index in [-0.39, 0.29) is 0 Å². The van der Waals surface area contributed by atoms with E-state index in [9.17, 15) is 0 Å². The number of methoxy groups -OCH3 is 1. The molecule has 1 aromatic carbocycles. The third-order valence-electron chi connectivity index (χ3n) is 3.63. The first kappa shape index (κ1) is 17.0. The van der Waals surface area contributed by atoms with Crippen LogP contribution in [0.1, 0.15) is 25.8 Å². The first-order chi connectivity index (χ1) is 9.72. The van der Waals surface area contributed by atoms with Crippen molar-refractivity contribution in [1.82, 2.24) is 4.90 Å². The van der Waals surface area contributed by atoms with E-state index in [0.29, 0.717) is 19.2 Å². The highest BCUT2D eigenvalue weighted by Crippen LogP contribution is 2.17. The van der Waals surface area contributed by atoms with Gasteiger partial charge in [-0.1, -0.05) is 25.1 Å². The highest BCUT2D eigenvalue weighted by atomic mass is 16.5. The van der Waals surface area contributed by atoms with Crippen LogP contribution in [-0.2, 0) is 11.3 Å². The van der Waals surface area contributed by atoms with Gasteiger partial charge in [0.25, 0.3) is 0 Å². The zero-order valence-electron chi connectivity index (χ0n) is 13.0. The number of hydrogen-bond donors (Lipinski definition) is 1. The summed E-state index contributed by atoms with van der Waals surface area (Å²) < 4.78 is 11.0. The molecule has 0 saturated heterocycles. The van der Waals surface area contributed by atoms with E-state index in [0.717, 1.165) is 37.4 Å². The van der Waals surface area contributed by atoms with Gasteiger partial charge in [-0.15, -0.1) is 0 Å². The van der Waals surface area contributed by atoms with E-state index in [2.05, 4.69) is 18.7 Å². The van der Waals surface area contributed by atoms with Crippen LogP contribution in [0.4, 0.5) is 0 Å². The molecule has 1 aromatic rings. The third-order valence-corrected chi connectivity index (χ3v) is 3.63. The van der Waals surface area contributed by atoms with E-state index in [1.54, 1.807) is 7.11 Å². The lowest BCUT2D eigenvalue weighted by molar-refractivity contribution is 0.109. The van der Waals surface area contributed by atoms with Gasteiger partial charge in [-0.2, -0.15) is 0 Å². The van der Waals surface area contributed by atoms with Crippen LogP contribution in [0, 0.1) is 0 Å². The van der Waals surface area contributed by atoms with Crippen LogP contribution in [0.15, 0.2) is 24.3 Å². The summed E-state index contributed by atoms with van der Waals surface area (Å²) >= 11 is 0. The van der Waals surface area contributed by atoms with Crippen molar-refractivity contribution >= 4 is 0 Å². The van der Waals surface area contributed by atoms with Crippen LogP contribution in [0.25, 0.3) is 0 Å². The Hall–Kier alpha value is -1.10. The Labute approximate surface area is 122 Å². The average molecular weight is 280 g/mol. The summed E-state index contributed by atoms with van der Waals surface area (Å²) in [5, 5.41) is 0. The molecule has 1 atom stereocenters. The first-order valence-electron chi connectivity index (χ1n) is 7.36. The lowest BCUT2D eigenvalue weighted by Crippen LogP contribution is -2.38. The predicted molar refractivity (Wildman–Crippen MR) is 83.0 cm³/mol. The molecule has 4 heteroatoms. The lowest BCUT2D eigenvalue weighted by Gasteiger charge is -2.28. The van der Waals surface area contributed by atoms with Gasteiger partial charge in [0.1, 0.15) is 12.4 Å². The number of rotatable bonds is 10. The number of para-hydroxylation sites is 1. The summed E-state index contributed by atoms with van der Waals surface area (Å²) in [6, 6.07) is 8.49. The van der Waals surface area contributed by atoms with Gasteiger partial charge in [0.05, 0.1) is 6.61 Å². The molecular formula is C16H28N2O2. The predicted octanol–water partition coefficient (Wildman–Crippen LogP) is 2.27. The van der Waals surface area contributed by atoms with Gasteiger partial charge >= 0.3 is 0 Å². The maximum atomic E-state index is 5.87. The van der Waals surface area contributed by atoms with Crippen molar-refractivity contribution in [2.75, 3.05) is 33.4 Å². The fraction of sp³-hybridized carbons (Fsp3) is 0.625. The molecule has 1 rings (SSSR count). The number of nitrogens with zero attached hydrogens (tertiary/aromatic N) is 1. The van der Waals surface area contributed by atoms with E-state index in [1.807, 2.05) is 24.3 Å². The third kappa shape index (κ3) is 5.49. The van der Waals surface area contributed by atoms with Crippen LogP contribution in [0.5, 0.6) is 5.75 Å². The Morgan fingerprint density at radius 3 is 2.55 bits per heavy atom. The van der Waals surface area contributed by atoms with Gasteiger partial charge in [0, 0.05) is 38.3 Å². The molecule has 0 saturated carbocycles. The fourth-order valence-electron chi connectivity index (χ4n) is 2.11. The minimum Gasteiger partial charge on any atom is -0.492 e. The number of benzene rings is 1. The minimum atomic E-state index is 0.509. The minimum absolute atomic E-state index is 0.509. The molecule has 114 valence electrons. The zero-order chi connectivity index (χ0) is 14.8. The molecular weight excluding hydrogens is 252 g/mol. The van der Waals surface area contributed by atoms with Gasteiger partial charge < -0.3 is 15.2 Å². The van der Waals surface area contributed by atoms with Crippen molar-refractivity contribution < 1.29 is 9.47 Å². The largest absolute Gasteiger partial charge is 0.492 e. The van der Waals surface area contributed by atoms with Crippen molar-refractivity contribution in [1.29, 1.82) is 0 Å². The monoisotopic (exact) mass is 280 g/mol. The van der Waals surface area contributed by atoms with Crippen LogP contribution < -0.4 is 10.5 Å². The van der Waals surface area contributed by atoms with E-state index < -0.39 is 0 Å². The standard InChI is InChI=1S/C16H28N2O2/c1-4-14(2)18(9-11-19-3)10-12-20-16-8-6-5-7-15(16)13-17/h5-8,14H,4,9-13,17H2,1-3H3. The van der Waals surface area contributed by atoms with Crippen LogP contribution >= 0.6 is 0 Å². The van der Waals surface area contributed by atoms with Crippen LogP contribution in [0.2, 0.25) is 0 Å². The second-order valence-electron chi connectivity index (χ2n) is 4.95. The summed E-state index contributed by atoms with van der Waals surface area (Å²) in [4.78, 5) is 2.40. The molecule has 4 nitrogen and oxygen atoms in total. The van der Waals surface area contributed by atoms with Crippen LogP contribution in [0.3, 0.4) is 0 Å². The summed E-state index contributed by atoms with van der Waals surface area (Å²) in [7, 11) is 1.74. The molecule has 0 aromatic heterocycles. The Balaban J connectivity index is 2.46. The van der Waals surface area contributed by atoms with Gasteiger partial charge in [0.2, 0.25) is 0 Å². The quantitative estimate of drug-likeness (QED) is 0.714. The summed E-state index contributed by atoms with van der Waals surface area (Å²) in [5.74, 6) is 0.894. The number of ether oxygens (including phenoxy) is 2. The highest BCUT2D eigenvalue weighted by molar-refractivity contribution is 5.32. The Morgan fingerprint density at radius 1 is 1.20 bits per heavy atom. The van der Waals surface area contributed by atoms with E-state index >= 15 is 0 Å². The van der Waals surface area contributed by atoms with Crippen molar-refractivity contribution in [3.8, 4) is 5.75 Å². The van der Waals surface area contributed by atoms with Crippen molar-refractivity contribution in [2.45, 2.75) is 32.9 Å². The van der Waals surface area contributed by atoms with Crippen LogP contribution in [-0.4, -0.2) is 44.4 Å². The van der Waals surface area contributed by atoms with Crippen molar-refractivity contribution in [3.05, 3.63) is 29.8 Å². The molecule has 0 amide bonds. The number of hydrogen-bond acceptors (Lipinski definition) is 4. The molecule has 0 aliphatic carbocycles. The molecule has 0 bridgehead atoms. The Kier molecular flexibility index (Phi) is 8.26. The van der Waals surface area contributed by atoms with Crippen molar-refractivity contribution in [2.24, 2.45) is 5.73 Å². The molecule has 0 heterocycles. The maximum absolute atomic E-state index is 5.87. The Bertz CT molecular complexity index is 371. The fourth-order valence-corrected chi connectivity index (χ4v) is 2.11. The normalized spacial score (nSPS) is 12.7.